The molecule has 0 atom stereocenters. The zero-order chi connectivity index (χ0) is 15.0. The zero-order valence-corrected chi connectivity index (χ0v) is 13.8. The van der Waals surface area contributed by atoms with Gasteiger partial charge in [0.1, 0.15) is 12.1 Å². The van der Waals surface area contributed by atoms with Crippen LogP contribution in [0.1, 0.15) is 19.4 Å². The minimum atomic E-state index is 0.0760. The summed E-state index contributed by atoms with van der Waals surface area (Å²) >= 11 is 1.74. The van der Waals surface area contributed by atoms with Crippen LogP contribution in [0.25, 0.3) is 10.2 Å². The Bertz CT molecular complexity index is 628. The van der Waals surface area contributed by atoms with Gasteiger partial charge in [-0.15, -0.1) is 11.3 Å². The highest BCUT2D eigenvalue weighted by molar-refractivity contribution is 7.18. The second-order valence-corrected chi connectivity index (χ2v) is 7.16. The second-order valence-electron chi connectivity index (χ2n) is 6.28. The van der Waals surface area contributed by atoms with Crippen molar-refractivity contribution >= 4 is 27.4 Å². The molecular weight excluding hydrogens is 282 g/mol. The molecule has 2 N–H and O–H groups in total. The standard InChI is InChI=1S/C15H23N5S/c1-11-8-21-13-12(11)17-10-18-14(13)19-4-6-20(7-5-19)15(2,3)9-16/h8,10H,4-7,9,16H2,1-3H3. The normalized spacial score (nSPS) is 17.6. The van der Waals surface area contributed by atoms with Gasteiger partial charge in [0.2, 0.25) is 0 Å². The number of aryl methyl sites for hydroxylation is 1. The Morgan fingerprint density at radius 3 is 2.62 bits per heavy atom. The highest BCUT2D eigenvalue weighted by Gasteiger charge is 2.29. The van der Waals surface area contributed by atoms with Gasteiger partial charge in [0.25, 0.3) is 0 Å². The lowest BCUT2D eigenvalue weighted by Gasteiger charge is -2.43. The van der Waals surface area contributed by atoms with E-state index in [-0.39, 0.29) is 5.54 Å². The SMILES string of the molecule is Cc1csc2c(N3CCN(C(C)(C)CN)CC3)ncnc12. The molecule has 0 spiro atoms. The first kappa shape index (κ1) is 14.7. The van der Waals surface area contributed by atoms with Crippen LogP contribution in [0.4, 0.5) is 5.82 Å². The average Bonchev–Trinajstić information content (AvgIpc) is 2.89. The number of anilines is 1. The van der Waals surface area contributed by atoms with Crippen molar-refractivity contribution in [1.82, 2.24) is 14.9 Å². The molecule has 0 aromatic carbocycles. The van der Waals surface area contributed by atoms with E-state index in [1.54, 1.807) is 17.7 Å². The molecule has 1 fully saturated rings. The molecule has 5 nitrogen and oxygen atoms in total. The van der Waals surface area contributed by atoms with E-state index in [9.17, 15) is 0 Å². The van der Waals surface area contributed by atoms with Gasteiger partial charge in [0, 0.05) is 38.3 Å². The molecule has 1 aliphatic heterocycles. The molecule has 3 heterocycles. The minimum Gasteiger partial charge on any atom is -0.353 e. The van der Waals surface area contributed by atoms with Crippen molar-refractivity contribution in [1.29, 1.82) is 0 Å². The van der Waals surface area contributed by atoms with Crippen LogP contribution in [0.2, 0.25) is 0 Å². The lowest BCUT2D eigenvalue weighted by atomic mass is 10.0. The summed E-state index contributed by atoms with van der Waals surface area (Å²) in [6, 6.07) is 0. The molecule has 0 aliphatic carbocycles. The van der Waals surface area contributed by atoms with Crippen molar-refractivity contribution in [2.45, 2.75) is 26.3 Å². The van der Waals surface area contributed by atoms with Crippen LogP contribution < -0.4 is 10.6 Å². The summed E-state index contributed by atoms with van der Waals surface area (Å²) in [5, 5.41) is 2.16. The summed E-state index contributed by atoms with van der Waals surface area (Å²) in [6.07, 6.45) is 1.69. The molecule has 2 aromatic rings. The van der Waals surface area contributed by atoms with Gasteiger partial charge in [-0.25, -0.2) is 9.97 Å². The fourth-order valence-corrected chi connectivity index (χ4v) is 3.85. The van der Waals surface area contributed by atoms with Gasteiger partial charge >= 0.3 is 0 Å². The van der Waals surface area contributed by atoms with Gasteiger partial charge in [-0.3, -0.25) is 4.90 Å². The lowest BCUT2D eigenvalue weighted by molar-refractivity contribution is 0.119. The molecule has 0 saturated carbocycles. The fourth-order valence-electron chi connectivity index (χ4n) is 2.83. The molecule has 0 unspecified atom stereocenters. The van der Waals surface area contributed by atoms with Crippen molar-refractivity contribution in [2.24, 2.45) is 5.73 Å². The molecule has 0 radical (unpaired) electrons. The number of thiophene rings is 1. The molecule has 3 rings (SSSR count). The summed E-state index contributed by atoms with van der Waals surface area (Å²) in [5.74, 6) is 1.09. The molecular formula is C15H23N5S. The van der Waals surface area contributed by atoms with Gasteiger partial charge < -0.3 is 10.6 Å². The van der Waals surface area contributed by atoms with Gasteiger partial charge in [-0.2, -0.15) is 0 Å². The first-order valence-corrected chi connectivity index (χ1v) is 8.30. The number of fused-ring (bicyclic) bond motifs is 1. The van der Waals surface area contributed by atoms with Crippen LogP contribution in [0, 0.1) is 6.92 Å². The fraction of sp³-hybridized carbons (Fsp3) is 0.600. The summed E-state index contributed by atoms with van der Waals surface area (Å²) < 4.78 is 1.21. The molecule has 21 heavy (non-hydrogen) atoms. The smallest absolute Gasteiger partial charge is 0.150 e. The number of aromatic nitrogens is 2. The van der Waals surface area contributed by atoms with Crippen molar-refractivity contribution in [3.63, 3.8) is 0 Å². The van der Waals surface area contributed by atoms with Crippen molar-refractivity contribution in [3.05, 3.63) is 17.3 Å². The zero-order valence-electron chi connectivity index (χ0n) is 13.0. The number of piperazine rings is 1. The third kappa shape index (κ3) is 2.63. The van der Waals surface area contributed by atoms with Gasteiger partial charge in [-0.05, 0) is 31.7 Å². The first-order chi connectivity index (χ1) is 10.0. The summed E-state index contributed by atoms with van der Waals surface area (Å²) in [7, 11) is 0. The number of nitrogens with two attached hydrogens (primary N) is 1. The van der Waals surface area contributed by atoms with E-state index in [1.807, 2.05) is 0 Å². The maximum atomic E-state index is 5.89. The Morgan fingerprint density at radius 1 is 1.24 bits per heavy atom. The molecule has 0 bridgehead atoms. The first-order valence-electron chi connectivity index (χ1n) is 7.42. The van der Waals surface area contributed by atoms with E-state index < -0.39 is 0 Å². The molecule has 2 aromatic heterocycles. The Morgan fingerprint density at radius 2 is 1.95 bits per heavy atom. The van der Waals surface area contributed by atoms with Gasteiger partial charge in [0.15, 0.2) is 0 Å². The number of hydrogen-bond donors (Lipinski definition) is 1. The van der Waals surface area contributed by atoms with Crippen molar-refractivity contribution < 1.29 is 0 Å². The summed E-state index contributed by atoms with van der Waals surface area (Å²) in [4.78, 5) is 13.8. The van der Waals surface area contributed by atoms with Crippen molar-refractivity contribution in [3.8, 4) is 0 Å². The highest BCUT2D eigenvalue weighted by Crippen LogP contribution is 2.31. The predicted octanol–water partition coefficient (Wildman–Crippen LogP) is 1.86. The Hall–Kier alpha value is -1.24. The topological polar surface area (TPSA) is 58.3 Å². The Balaban J connectivity index is 1.80. The van der Waals surface area contributed by atoms with Gasteiger partial charge in [0.05, 0.1) is 10.2 Å². The molecule has 114 valence electrons. The van der Waals surface area contributed by atoms with Crippen LogP contribution in [0.5, 0.6) is 0 Å². The average molecular weight is 305 g/mol. The van der Waals surface area contributed by atoms with E-state index >= 15 is 0 Å². The molecule has 1 saturated heterocycles. The highest BCUT2D eigenvalue weighted by atomic mass is 32.1. The van der Waals surface area contributed by atoms with Crippen LogP contribution in [-0.2, 0) is 0 Å². The lowest BCUT2D eigenvalue weighted by Crippen LogP contribution is -2.57. The Kier molecular flexibility index (Phi) is 3.86. The summed E-state index contributed by atoms with van der Waals surface area (Å²) in [5.41, 5.74) is 8.29. The maximum absolute atomic E-state index is 5.89. The number of nitrogens with zero attached hydrogens (tertiary/aromatic N) is 4. The van der Waals surface area contributed by atoms with E-state index in [1.165, 1.54) is 10.3 Å². The summed E-state index contributed by atoms with van der Waals surface area (Å²) in [6.45, 7) is 11.3. The van der Waals surface area contributed by atoms with Crippen LogP contribution >= 0.6 is 11.3 Å². The largest absolute Gasteiger partial charge is 0.353 e. The quantitative estimate of drug-likeness (QED) is 0.938. The minimum absolute atomic E-state index is 0.0760. The Labute approximate surface area is 129 Å². The maximum Gasteiger partial charge on any atom is 0.150 e. The predicted molar refractivity (Wildman–Crippen MR) is 89.1 cm³/mol. The second kappa shape index (κ2) is 5.51. The van der Waals surface area contributed by atoms with E-state index in [0.717, 1.165) is 37.5 Å². The number of hydrogen-bond acceptors (Lipinski definition) is 6. The van der Waals surface area contributed by atoms with E-state index in [2.05, 4.69) is 45.9 Å². The molecule has 6 heteroatoms. The van der Waals surface area contributed by atoms with Crippen LogP contribution in [0.15, 0.2) is 11.7 Å². The van der Waals surface area contributed by atoms with Gasteiger partial charge in [-0.1, -0.05) is 0 Å². The molecule has 1 aliphatic rings. The van der Waals surface area contributed by atoms with Crippen molar-refractivity contribution in [2.75, 3.05) is 37.6 Å². The van der Waals surface area contributed by atoms with E-state index in [4.69, 9.17) is 5.73 Å². The third-order valence-electron chi connectivity index (χ3n) is 4.45. The third-order valence-corrected chi connectivity index (χ3v) is 5.53. The monoisotopic (exact) mass is 305 g/mol. The number of rotatable bonds is 3. The van der Waals surface area contributed by atoms with Crippen LogP contribution in [-0.4, -0.2) is 53.1 Å². The van der Waals surface area contributed by atoms with E-state index in [0.29, 0.717) is 6.54 Å². The van der Waals surface area contributed by atoms with Crippen LogP contribution in [0.3, 0.4) is 0 Å². The molecule has 0 amide bonds.